The number of hydrogen-bond donors (Lipinski definition) is 1. The van der Waals surface area contributed by atoms with Crippen LogP contribution in [0.2, 0.25) is 0 Å². The molecule has 2 aromatic carbocycles. The van der Waals surface area contributed by atoms with Gasteiger partial charge in [0.2, 0.25) is 0 Å². The molecule has 0 fully saturated rings. The van der Waals surface area contributed by atoms with Crippen LogP contribution in [0.3, 0.4) is 0 Å². The van der Waals surface area contributed by atoms with Crippen LogP contribution in [0.25, 0.3) is 10.8 Å². The molecular formula is C17H24N2S. The molecule has 0 spiro atoms. The van der Waals surface area contributed by atoms with E-state index < -0.39 is 0 Å². The van der Waals surface area contributed by atoms with Gasteiger partial charge in [-0.05, 0) is 36.8 Å². The highest BCUT2D eigenvalue weighted by Crippen LogP contribution is 2.28. The summed E-state index contributed by atoms with van der Waals surface area (Å²) in [4.78, 5) is 2.46. The summed E-state index contributed by atoms with van der Waals surface area (Å²) in [7, 11) is 0. The van der Waals surface area contributed by atoms with Crippen molar-refractivity contribution in [2.24, 2.45) is 5.73 Å². The normalized spacial score (nSPS) is 12.6. The van der Waals surface area contributed by atoms with Crippen LogP contribution in [0.1, 0.15) is 13.3 Å². The Bertz CT molecular complexity index is 536. The van der Waals surface area contributed by atoms with E-state index in [9.17, 15) is 0 Å². The molecule has 0 saturated heterocycles. The number of likely N-dealkylation sites (N-methyl/N-ethyl adjacent to an activating group) is 1. The number of benzene rings is 2. The number of anilines is 1. The van der Waals surface area contributed by atoms with Gasteiger partial charge in [-0.15, -0.1) is 0 Å². The van der Waals surface area contributed by atoms with Crippen molar-refractivity contribution in [2.45, 2.75) is 19.4 Å². The van der Waals surface area contributed by atoms with E-state index in [2.05, 4.69) is 60.5 Å². The molecule has 0 aromatic heterocycles. The second-order valence-electron chi connectivity index (χ2n) is 4.96. The van der Waals surface area contributed by atoms with Gasteiger partial charge in [-0.2, -0.15) is 11.8 Å². The van der Waals surface area contributed by atoms with E-state index in [0.29, 0.717) is 12.6 Å². The number of fused-ring (bicyclic) bond motifs is 1. The van der Waals surface area contributed by atoms with Gasteiger partial charge in [0.1, 0.15) is 0 Å². The Kier molecular flexibility index (Phi) is 5.74. The second kappa shape index (κ2) is 7.55. The summed E-state index contributed by atoms with van der Waals surface area (Å²) in [5, 5.41) is 2.61. The van der Waals surface area contributed by atoms with Gasteiger partial charge >= 0.3 is 0 Å². The first kappa shape index (κ1) is 15.2. The summed E-state index contributed by atoms with van der Waals surface area (Å²) in [5.74, 6) is 1.16. The lowest BCUT2D eigenvalue weighted by Gasteiger charge is -2.33. The van der Waals surface area contributed by atoms with E-state index in [4.69, 9.17) is 5.73 Å². The van der Waals surface area contributed by atoms with Gasteiger partial charge in [0.15, 0.2) is 0 Å². The van der Waals surface area contributed by atoms with Gasteiger partial charge < -0.3 is 10.6 Å². The molecular weight excluding hydrogens is 264 g/mol. The monoisotopic (exact) mass is 288 g/mol. The Balaban J connectivity index is 2.37. The average Bonchev–Trinajstić information content (AvgIpc) is 2.51. The highest BCUT2D eigenvalue weighted by Gasteiger charge is 2.17. The lowest BCUT2D eigenvalue weighted by molar-refractivity contribution is 0.597. The van der Waals surface area contributed by atoms with Gasteiger partial charge in [-0.3, -0.25) is 0 Å². The van der Waals surface area contributed by atoms with Crippen molar-refractivity contribution >= 4 is 28.2 Å². The SMILES string of the molecule is CCN(c1cccc2ccccc12)C(CN)CCSC. The van der Waals surface area contributed by atoms with Crippen LogP contribution < -0.4 is 10.6 Å². The van der Waals surface area contributed by atoms with Crippen LogP contribution in [0.5, 0.6) is 0 Å². The van der Waals surface area contributed by atoms with Crippen molar-refractivity contribution in [2.75, 3.05) is 30.0 Å². The number of thioether (sulfide) groups is 1. The molecule has 20 heavy (non-hydrogen) atoms. The molecule has 0 aliphatic heterocycles. The van der Waals surface area contributed by atoms with Crippen LogP contribution >= 0.6 is 11.8 Å². The topological polar surface area (TPSA) is 29.3 Å². The van der Waals surface area contributed by atoms with E-state index in [1.807, 2.05) is 11.8 Å². The minimum atomic E-state index is 0.415. The molecule has 0 bridgehead atoms. The second-order valence-corrected chi connectivity index (χ2v) is 5.94. The van der Waals surface area contributed by atoms with Gasteiger partial charge in [-0.1, -0.05) is 36.4 Å². The summed E-state index contributed by atoms with van der Waals surface area (Å²) in [6, 6.07) is 15.5. The lowest BCUT2D eigenvalue weighted by atomic mass is 10.1. The maximum Gasteiger partial charge on any atom is 0.0448 e. The predicted molar refractivity (Wildman–Crippen MR) is 92.8 cm³/mol. The average molecular weight is 288 g/mol. The largest absolute Gasteiger partial charge is 0.367 e. The van der Waals surface area contributed by atoms with Crippen molar-refractivity contribution in [3.8, 4) is 0 Å². The van der Waals surface area contributed by atoms with E-state index >= 15 is 0 Å². The van der Waals surface area contributed by atoms with E-state index in [1.54, 1.807) is 0 Å². The zero-order chi connectivity index (χ0) is 14.4. The van der Waals surface area contributed by atoms with E-state index in [-0.39, 0.29) is 0 Å². The fraction of sp³-hybridized carbons (Fsp3) is 0.412. The first-order valence-electron chi connectivity index (χ1n) is 7.25. The Hall–Kier alpha value is -1.19. The molecule has 2 N–H and O–H groups in total. The molecule has 0 radical (unpaired) electrons. The zero-order valence-electron chi connectivity index (χ0n) is 12.4. The summed E-state index contributed by atoms with van der Waals surface area (Å²) in [5.41, 5.74) is 7.33. The molecule has 0 saturated carbocycles. The molecule has 3 heteroatoms. The minimum Gasteiger partial charge on any atom is -0.367 e. The number of hydrogen-bond acceptors (Lipinski definition) is 3. The van der Waals surface area contributed by atoms with Gasteiger partial charge in [-0.25, -0.2) is 0 Å². The van der Waals surface area contributed by atoms with Crippen LogP contribution in [0.15, 0.2) is 42.5 Å². The predicted octanol–water partition coefficient (Wildman–Crippen LogP) is 3.75. The van der Waals surface area contributed by atoms with Gasteiger partial charge in [0.25, 0.3) is 0 Å². The van der Waals surface area contributed by atoms with E-state index in [1.165, 1.54) is 16.5 Å². The minimum absolute atomic E-state index is 0.415. The fourth-order valence-electron chi connectivity index (χ4n) is 2.74. The molecule has 0 aliphatic rings. The summed E-state index contributed by atoms with van der Waals surface area (Å²) in [6.07, 6.45) is 3.29. The molecule has 2 rings (SSSR count). The lowest BCUT2D eigenvalue weighted by Crippen LogP contribution is -2.41. The Morgan fingerprint density at radius 3 is 2.60 bits per heavy atom. The highest BCUT2D eigenvalue weighted by molar-refractivity contribution is 7.98. The van der Waals surface area contributed by atoms with Gasteiger partial charge in [0.05, 0.1) is 0 Å². The van der Waals surface area contributed by atoms with Crippen molar-refractivity contribution in [1.29, 1.82) is 0 Å². The maximum atomic E-state index is 6.02. The first-order valence-corrected chi connectivity index (χ1v) is 8.64. The number of nitrogens with zero attached hydrogens (tertiary/aromatic N) is 1. The van der Waals surface area contributed by atoms with E-state index in [0.717, 1.165) is 18.7 Å². The Morgan fingerprint density at radius 1 is 1.15 bits per heavy atom. The summed E-state index contributed by atoms with van der Waals surface area (Å²) >= 11 is 1.89. The Morgan fingerprint density at radius 2 is 1.90 bits per heavy atom. The van der Waals surface area contributed by atoms with Crippen LogP contribution in [-0.2, 0) is 0 Å². The molecule has 1 unspecified atom stereocenters. The standard InChI is InChI=1S/C17H24N2S/c1-3-19(15(13-18)11-12-20-2)17-10-6-8-14-7-4-5-9-16(14)17/h4-10,15H,3,11-13,18H2,1-2H3. The van der Waals surface area contributed by atoms with Crippen LogP contribution in [0, 0.1) is 0 Å². The smallest absolute Gasteiger partial charge is 0.0448 e. The quantitative estimate of drug-likeness (QED) is 0.841. The highest BCUT2D eigenvalue weighted by atomic mass is 32.2. The third-order valence-corrected chi connectivity index (χ3v) is 4.43. The molecule has 1 atom stereocenters. The molecule has 0 aliphatic carbocycles. The molecule has 0 heterocycles. The van der Waals surface area contributed by atoms with Crippen molar-refractivity contribution < 1.29 is 0 Å². The number of rotatable bonds is 7. The summed E-state index contributed by atoms with van der Waals surface area (Å²) in [6.45, 7) is 3.91. The van der Waals surface area contributed by atoms with Gasteiger partial charge in [0, 0.05) is 30.2 Å². The Labute approximate surface area is 126 Å². The van der Waals surface area contributed by atoms with Crippen molar-refractivity contribution in [3.05, 3.63) is 42.5 Å². The third kappa shape index (κ3) is 3.28. The third-order valence-electron chi connectivity index (χ3n) is 3.78. The molecule has 108 valence electrons. The fourth-order valence-corrected chi connectivity index (χ4v) is 3.25. The first-order chi connectivity index (χ1) is 9.81. The molecule has 2 nitrogen and oxygen atoms in total. The van der Waals surface area contributed by atoms with Crippen LogP contribution in [0.4, 0.5) is 5.69 Å². The zero-order valence-corrected chi connectivity index (χ0v) is 13.2. The van der Waals surface area contributed by atoms with Crippen LogP contribution in [-0.4, -0.2) is 31.1 Å². The van der Waals surface area contributed by atoms with Crippen molar-refractivity contribution in [1.82, 2.24) is 0 Å². The molecule has 0 amide bonds. The molecule has 2 aromatic rings. The summed E-state index contributed by atoms with van der Waals surface area (Å²) < 4.78 is 0. The van der Waals surface area contributed by atoms with Crippen molar-refractivity contribution in [3.63, 3.8) is 0 Å². The number of nitrogens with two attached hydrogens (primary N) is 1. The maximum absolute atomic E-state index is 6.02.